The first kappa shape index (κ1) is 20.2. The van der Waals surface area contributed by atoms with E-state index in [4.69, 9.17) is 27.6 Å². The topological polar surface area (TPSA) is 68.0 Å². The number of rotatable bonds is 5. The second-order valence-corrected chi connectivity index (χ2v) is 9.44. The number of aromatic nitrogens is 2. The molecule has 9 heteroatoms. The van der Waals surface area contributed by atoms with Crippen LogP contribution in [-0.4, -0.2) is 16.1 Å². The minimum absolute atomic E-state index is 0.243. The number of fused-ring (bicyclic) bond motifs is 1. The number of nitrogens with zero attached hydrogens (tertiary/aromatic N) is 2. The molecule has 0 radical (unpaired) electrons. The van der Waals surface area contributed by atoms with Gasteiger partial charge in [-0.2, -0.15) is 0 Å². The smallest absolute Gasteiger partial charge is 0.293 e. The van der Waals surface area contributed by atoms with E-state index >= 15 is 0 Å². The molecular formula is C20H15Cl2N3O2S2. The molecule has 2 aromatic carbocycles. The summed E-state index contributed by atoms with van der Waals surface area (Å²) in [5, 5.41) is 13.5. The maximum atomic E-state index is 12.7. The highest BCUT2D eigenvalue weighted by molar-refractivity contribution is 8.00. The van der Waals surface area contributed by atoms with Crippen LogP contribution in [0.1, 0.15) is 27.2 Å². The zero-order chi connectivity index (χ0) is 20.5. The first-order valence-electron chi connectivity index (χ1n) is 8.62. The van der Waals surface area contributed by atoms with Crippen molar-refractivity contribution in [2.24, 2.45) is 0 Å². The van der Waals surface area contributed by atoms with E-state index in [1.54, 1.807) is 11.8 Å². The molecule has 0 fully saturated rings. The largest absolute Gasteiger partial charge is 0.451 e. The lowest BCUT2D eigenvalue weighted by Gasteiger charge is -1.99. The summed E-state index contributed by atoms with van der Waals surface area (Å²) < 4.78 is 6.52. The molecule has 0 aliphatic rings. The number of furan rings is 1. The van der Waals surface area contributed by atoms with Gasteiger partial charge in [-0.3, -0.25) is 10.1 Å². The van der Waals surface area contributed by atoms with Crippen molar-refractivity contribution in [2.45, 2.75) is 23.9 Å². The van der Waals surface area contributed by atoms with Crippen LogP contribution in [0.15, 0.2) is 45.2 Å². The average molecular weight is 464 g/mol. The van der Waals surface area contributed by atoms with Crippen molar-refractivity contribution in [1.29, 1.82) is 0 Å². The minimum Gasteiger partial charge on any atom is -0.451 e. The van der Waals surface area contributed by atoms with E-state index < -0.39 is 0 Å². The van der Waals surface area contributed by atoms with Crippen LogP contribution in [0.25, 0.3) is 11.0 Å². The number of aryl methyl sites for hydroxylation is 2. The Balaban J connectivity index is 1.46. The number of hydrogen-bond donors (Lipinski definition) is 1. The van der Waals surface area contributed by atoms with E-state index in [2.05, 4.69) is 15.5 Å². The van der Waals surface area contributed by atoms with Crippen molar-refractivity contribution < 1.29 is 9.21 Å². The predicted molar refractivity (Wildman–Crippen MR) is 120 cm³/mol. The molecule has 0 saturated carbocycles. The number of carbonyl (C=O) groups is 1. The van der Waals surface area contributed by atoms with Gasteiger partial charge in [0.25, 0.3) is 5.91 Å². The highest BCUT2D eigenvalue weighted by Gasteiger charge is 2.20. The lowest BCUT2D eigenvalue weighted by molar-refractivity contribution is 0.0998. The van der Waals surface area contributed by atoms with Gasteiger partial charge in [0.2, 0.25) is 5.13 Å². The van der Waals surface area contributed by atoms with Crippen LogP contribution in [0.5, 0.6) is 0 Å². The van der Waals surface area contributed by atoms with E-state index in [-0.39, 0.29) is 11.7 Å². The lowest BCUT2D eigenvalue weighted by Crippen LogP contribution is -2.11. The van der Waals surface area contributed by atoms with Gasteiger partial charge in [-0.25, -0.2) is 0 Å². The van der Waals surface area contributed by atoms with Crippen LogP contribution < -0.4 is 5.32 Å². The molecule has 0 spiro atoms. The number of hydrogen-bond acceptors (Lipinski definition) is 6. The third kappa shape index (κ3) is 4.43. The second kappa shape index (κ2) is 8.36. The van der Waals surface area contributed by atoms with Gasteiger partial charge in [0.05, 0.1) is 0 Å². The van der Waals surface area contributed by atoms with E-state index in [1.165, 1.54) is 11.3 Å². The fourth-order valence-electron chi connectivity index (χ4n) is 2.76. The quantitative estimate of drug-likeness (QED) is 0.261. The van der Waals surface area contributed by atoms with Crippen molar-refractivity contribution in [3.63, 3.8) is 0 Å². The molecule has 1 N–H and O–H groups in total. The molecule has 0 unspecified atom stereocenters. The van der Waals surface area contributed by atoms with Gasteiger partial charge in [-0.1, -0.05) is 58.4 Å². The summed E-state index contributed by atoms with van der Waals surface area (Å²) in [6.07, 6.45) is 0. The Labute approximate surface area is 185 Å². The zero-order valence-electron chi connectivity index (χ0n) is 15.5. The summed E-state index contributed by atoms with van der Waals surface area (Å²) >= 11 is 15.0. The third-order valence-electron chi connectivity index (χ3n) is 4.33. The first-order chi connectivity index (χ1) is 13.9. The third-order valence-corrected chi connectivity index (χ3v) is 7.03. The Morgan fingerprint density at radius 3 is 2.69 bits per heavy atom. The van der Waals surface area contributed by atoms with Crippen LogP contribution in [0.4, 0.5) is 5.13 Å². The Morgan fingerprint density at radius 2 is 1.93 bits per heavy atom. The van der Waals surface area contributed by atoms with Crippen LogP contribution >= 0.6 is 46.3 Å². The van der Waals surface area contributed by atoms with Crippen molar-refractivity contribution in [1.82, 2.24) is 10.2 Å². The molecule has 148 valence electrons. The molecule has 5 nitrogen and oxygen atoms in total. The van der Waals surface area contributed by atoms with E-state index in [0.717, 1.165) is 32.2 Å². The molecule has 1 amide bonds. The summed E-state index contributed by atoms with van der Waals surface area (Å²) in [4.78, 5) is 12.7. The molecule has 4 rings (SSSR count). The number of carbonyl (C=O) groups excluding carboxylic acids is 1. The van der Waals surface area contributed by atoms with Gasteiger partial charge < -0.3 is 4.42 Å². The van der Waals surface area contributed by atoms with Gasteiger partial charge in [-0.15, -0.1) is 10.2 Å². The first-order valence-corrected chi connectivity index (χ1v) is 11.2. The molecular weight excluding hydrogens is 449 g/mol. The number of thioether (sulfide) groups is 1. The monoisotopic (exact) mass is 463 g/mol. The van der Waals surface area contributed by atoms with Crippen molar-refractivity contribution in [3.05, 3.63) is 68.9 Å². The van der Waals surface area contributed by atoms with Crippen LogP contribution in [0, 0.1) is 13.8 Å². The number of benzene rings is 2. The Hall–Kier alpha value is -2.06. The number of anilines is 1. The van der Waals surface area contributed by atoms with Crippen molar-refractivity contribution in [3.8, 4) is 0 Å². The van der Waals surface area contributed by atoms with Crippen LogP contribution in [0.2, 0.25) is 10.0 Å². The van der Waals surface area contributed by atoms with Gasteiger partial charge in [0, 0.05) is 26.7 Å². The van der Waals surface area contributed by atoms with E-state index in [9.17, 15) is 4.79 Å². The molecule has 0 atom stereocenters. The Bertz CT molecular complexity index is 1200. The number of amides is 1. The molecule has 0 bridgehead atoms. The van der Waals surface area contributed by atoms with Gasteiger partial charge in [0.15, 0.2) is 10.1 Å². The normalized spacial score (nSPS) is 11.2. The van der Waals surface area contributed by atoms with E-state index in [0.29, 0.717) is 20.8 Å². The number of nitrogens with one attached hydrogen (secondary N) is 1. The molecule has 2 heterocycles. The molecule has 0 aliphatic carbocycles. The lowest BCUT2D eigenvalue weighted by atomic mass is 10.1. The standard InChI is InChI=1S/C20H15Cl2N3O2S2/c1-10-7-16-14(8-15(10)22)11(2)17(27-16)18(26)23-19-24-25-20(29-19)28-9-12-3-5-13(21)6-4-12/h3-8H,9H2,1-2H3,(H,23,24,26). The summed E-state index contributed by atoms with van der Waals surface area (Å²) in [5.41, 5.74) is 3.39. The highest BCUT2D eigenvalue weighted by atomic mass is 35.5. The minimum atomic E-state index is -0.363. The van der Waals surface area contributed by atoms with Crippen molar-refractivity contribution >= 4 is 68.3 Å². The van der Waals surface area contributed by atoms with Gasteiger partial charge in [-0.05, 0) is 49.2 Å². The fraction of sp³-hybridized carbons (Fsp3) is 0.150. The SMILES string of the molecule is Cc1cc2oc(C(=O)Nc3nnc(SCc4ccc(Cl)cc4)s3)c(C)c2cc1Cl. The Morgan fingerprint density at radius 1 is 1.17 bits per heavy atom. The van der Waals surface area contributed by atoms with Gasteiger partial charge >= 0.3 is 0 Å². The van der Waals surface area contributed by atoms with Crippen LogP contribution in [0.3, 0.4) is 0 Å². The highest BCUT2D eigenvalue weighted by Crippen LogP contribution is 2.32. The maximum Gasteiger partial charge on any atom is 0.293 e. The second-order valence-electron chi connectivity index (χ2n) is 6.40. The van der Waals surface area contributed by atoms with Gasteiger partial charge in [0.1, 0.15) is 5.58 Å². The summed E-state index contributed by atoms with van der Waals surface area (Å²) in [6, 6.07) is 11.3. The number of halogens is 2. The average Bonchev–Trinajstić information content (AvgIpc) is 3.26. The molecule has 29 heavy (non-hydrogen) atoms. The molecule has 0 aliphatic heterocycles. The fourth-order valence-corrected chi connectivity index (χ4v) is 4.75. The zero-order valence-corrected chi connectivity index (χ0v) is 18.6. The Kier molecular flexibility index (Phi) is 5.83. The molecule has 2 aromatic heterocycles. The summed E-state index contributed by atoms with van der Waals surface area (Å²) in [5.74, 6) is 0.618. The summed E-state index contributed by atoms with van der Waals surface area (Å²) in [6.45, 7) is 3.73. The molecule has 4 aromatic rings. The molecule has 0 saturated heterocycles. The predicted octanol–water partition coefficient (Wildman–Crippen LogP) is 6.75. The van der Waals surface area contributed by atoms with E-state index in [1.807, 2.05) is 50.2 Å². The summed E-state index contributed by atoms with van der Waals surface area (Å²) in [7, 11) is 0. The maximum absolute atomic E-state index is 12.7. The van der Waals surface area contributed by atoms with Crippen molar-refractivity contribution in [2.75, 3.05) is 5.32 Å². The van der Waals surface area contributed by atoms with Crippen LogP contribution in [-0.2, 0) is 5.75 Å².